The minimum atomic E-state index is -0.416. The van der Waals surface area contributed by atoms with Gasteiger partial charge in [0.25, 0.3) is 0 Å². The van der Waals surface area contributed by atoms with E-state index in [4.69, 9.17) is 16.1 Å². The van der Waals surface area contributed by atoms with Crippen LogP contribution in [-0.4, -0.2) is 11.4 Å². The predicted molar refractivity (Wildman–Crippen MR) is 70.8 cm³/mol. The van der Waals surface area contributed by atoms with Crippen molar-refractivity contribution in [2.24, 2.45) is 4.99 Å². The van der Waals surface area contributed by atoms with Crippen molar-refractivity contribution in [3.05, 3.63) is 50.3 Å². The lowest BCUT2D eigenvalue weighted by atomic mass is 10.1. The van der Waals surface area contributed by atoms with Crippen molar-refractivity contribution in [3.8, 4) is 0 Å². The number of nitrogens with one attached hydrogen (secondary N) is 1. The molecule has 90 valence electrons. The van der Waals surface area contributed by atoms with Crippen molar-refractivity contribution in [2.75, 3.05) is 0 Å². The molecule has 3 rings (SSSR count). The average Bonchev–Trinajstić information content (AvgIpc) is 2.97. The van der Waals surface area contributed by atoms with Gasteiger partial charge in [-0.3, -0.25) is 4.99 Å². The van der Waals surface area contributed by atoms with Gasteiger partial charge in [-0.25, -0.2) is 9.95 Å². The van der Waals surface area contributed by atoms with Gasteiger partial charge in [0.2, 0.25) is 0 Å². The second kappa shape index (κ2) is 4.31. The number of hydrogen-bond donors (Lipinski definition) is 1. The Morgan fingerprint density at radius 3 is 3.17 bits per heavy atom. The van der Waals surface area contributed by atoms with Crippen LogP contribution >= 0.6 is 11.6 Å². The quantitative estimate of drug-likeness (QED) is 0.820. The van der Waals surface area contributed by atoms with Crippen LogP contribution in [0.1, 0.15) is 11.3 Å². The topological polar surface area (TPSA) is 58.4 Å². The zero-order valence-corrected chi connectivity index (χ0v) is 10.1. The third-order valence-corrected chi connectivity index (χ3v) is 3.05. The van der Waals surface area contributed by atoms with Gasteiger partial charge < -0.3 is 4.52 Å². The summed E-state index contributed by atoms with van der Waals surface area (Å²) in [6.07, 6.45) is 5.44. The molecular weight excluding hydrogens is 252 g/mol. The number of aliphatic imine (C=N–C) groups is 1. The zero-order valence-electron chi connectivity index (χ0n) is 9.31. The fraction of sp³-hybridized carbons (Fsp3) is 0.0769. The smallest absolute Gasteiger partial charge is 0.338 e. The molecule has 1 aromatic carbocycles. The number of rotatable bonds is 2. The monoisotopic (exact) mass is 260 g/mol. The van der Waals surface area contributed by atoms with Gasteiger partial charge in [0, 0.05) is 11.4 Å². The highest BCUT2D eigenvalue weighted by Gasteiger charge is 2.08. The van der Waals surface area contributed by atoms with E-state index in [0.29, 0.717) is 11.3 Å². The van der Waals surface area contributed by atoms with Crippen molar-refractivity contribution in [1.82, 2.24) is 5.16 Å². The highest BCUT2D eigenvalue weighted by Crippen LogP contribution is 2.07. The molecule has 1 aliphatic heterocycles. The number of halogens is 1. The van der Waals surface area contributed by atoms with E-state index < -0.39 is 5.63 Å². The molecule has 0 spiro atoms. The molecule has 1 N–H and O–H groups in total. The molecule has 0 atom stereocenters. The third kappa shape index (κ3) is 1.80. The molecule has 4 nitrogen and oxygen atoms in total. The normalized spacial score (nSPS) is 13.7. The van der Waals surface area contributed by atoms with Crippen molar-refractivity contribution < 1.29 is 4.52 Å². The lowest BCUT2D eigenvalue weighted by Gasteiger charge is -1.92. The molecule has 0 fully saturated rings. The number of benzene rings is 1. The van der Waals surface area contributed by atoms with Crippen LogP contribution in [0.15, 0.2) is 32.5 Å². The summed E-state index contributed by atoms with van der Waals surface area (Å²) in [5, 5.41) is 4.47. The van der Waals surface area contributed by atoms with Gasteiger partial charge in [-0.2, -0.15) is 0 Å². The molecule has 0 bridgehead atoms. The van der Waals surface area contributed by atoms with E-state index in [1.54, 1.807) is 12.3 Å². The van der Waals surface area contributed by atoms with E-state index in [1.165, 1.54) is 0 Å². The van der Waals surface area contributed by atoms with Crippen LogP contribution < -0.4 is 16.1 Å². The van der Waals surface area contributed by atoms with E-state index in [2.05, 4.69) is 10.1 Å². The Bertz CT molecular complexity index is 799. The first-order valence-corrected chi connectivity index (χ1v) is 5.94. The Balaban J connectivity index is 2.18. The largest absolute Gasteiger partial charge is 0.364 e. The van der Waals surface area contributed by atoms with Crippen molar-refractivity contribution in [2.45, 2.75) is 5.88 Å². The van der Waals surface area contributed by atoms with Crippen LogP contribution in [0, 0.1) is 0 Å². The third-order valence-electron chi connectivity index (χ3n) is 2.78. The number of H-pyrrole nitrogens is 1. The molecule has 0 unspecified atom stereocenters. The summed E-state index contributed by atoms with van der Waals surface area (Å²) in [6.45, 7) is 0. The molecular formula is C13H9ClN2O2. The van der Waals surface area contributed by atoms with Crippen LogP contribution in [0.5, 0.6) is 0 Å². The molecule has 2 aromatic rings. The molecule has 2 heterocycles. The number of alkyl halides is 1. The number of aromatic nitrogens is 1. The molecule has 1 aliphatic rings. The second-order valence-electron chi connectivity index (χ2n) is 3.92. The van der Waals surface area contributed by atoms with Crippen LogP contribution in [0.3, 0.4) is 0 Å². The maximum atomic E-state index is 11.5. The first kappa shape index (κ1) is 11.0. The molecule has 5 heteroatoms. The highest BCUT2D eigenvalue weighted by molar-refractivity contribution is 6.17. The number of fused-ring (bicyclic) bond motifs is 1. The Labute approximate surface area is 107 Å². The lowest BCUT2D eigenvalue weighted by molar-refractivity contribution is 0.386. The van der Waals surface area contributed by atoms with E-state index >= 15 is 0 Å². The molecule has 0 radical (unpaired) electrons. The first-order valence-electron chi connectivity index (χ1n) is 5.40. The van der Waals surface area contributed by atoms with E-state index in [9.17, 15) is 4.79 Å². The predicted octanol–water partition coefficient (Wildman–Crippen LogP) is 1.03. The fourth-order valence-electron chi connectivity index (χ4n) is 1.85. The van der Waals surface area contributed by atoms with E-state index in [0.717, 1.165) is 16.1 Å². The van der Waals surface area contributed by atoms with Crippen LogP contribution in [-0.2, 0) is 5.88 Å². The van der Waals surface area contributed by atoms with Gasteiger partial charge in [-0.1, -0.05) is 12.1 Å². The van der Waals surface area contributed by atoms with Crippen LogP contribution in [0.2, 0.25) is 0 Å². The standard InChI is InChI=1S/C13H9ClN2O2/c14-7-12-10(13(17)18-16-12)5-8-1-2-9-3-4-15-11(9)6-8/h1-6,16H,7H2. The summed E-state index contributed by atoms with van der Waals surface area (Å²) < 4.78 is 4.72. The SMILES string of the molecule is O=c1o[nH]c(CCl)c1C=c1ccc2c(c1)N=CC=2. The fourth-order valence-corrected chi connectivity index (χ4v) is 2.05. The molecule has 0 saturated carbocycles. The van der Waals surface area contributed by atoms with Crippen LogP contribution in [0.25, 0.3) is 12.2 Å². The van der Waals surface area contributed by atoms with E-state index in [-0.39, 0.29) is 5.88 Å². The Morgan fingerprint density at radius 1 is 1.44 bits per heavy atom. The number of hydrogen-bond acceptors (Lipinski definition) is 3. The summed E-state index contributed by atoms with van der Waals surface area (Å²) in [4.78, 5) is 15.7. The summed E-state index contributed by atoms with van der Waals surface area (Å²) in [5.74, 6) is 0.203. The molecule has 0 aliphatic carbocycles. The number of aromatic amines is 1. The Hall–Kier alpha value is -2.07. The maximum absolute atomic E-state index is 11.5. The Kier molecular flexibility index (Phi) is 2.64. The number of nitrogens with zero attached hydrogens (tertiary/aromatic N) is 1. The molecule has 0 amide bonds. The van der Waals surface area contributed by atoms with Crippen molar-refractivity contribution in [1.29, 1.82) is 0 Å². The summed E-state index contributed by atoms with van der Waals surface area (Å²) in [6, 6.07) is 5.80. The van der Waals surface area contributed by atoms with Gasteiger partial charge in [0.05, 0.1) is 22.8 Å². The first-order chi connectivity index (χ1) is 8.78. The molecule has 18 heavy (non-hydrogen) atoms. The van der Waals surface area contributed by atoms with E-state index in [1.807, 2.05) is 24.3 Å². The van der Waals surface area contributed by atoms with Gasteiger partial charge in [0.15, 0.2) is 0 Å². The van der Waals surface area contributed by atoms with Gasteiger partial charge in [-0.05, 0) is 23.4 Å². The molecule has 0 saturated heterocycles. The van der Waals surface area contributed by atoms with Gasteiger partial charge in [0.1, 0.15) is 0 Å². The van der Waals surface area contributed by atoms with Gasteiger partial charge >= 0.3 is 5.63 Å². The maximum Gasteiger partial charge on any atom is 0.364 e. The average molecular weight is 261 g/mol. The van der Waals surface area contributed by atoms with Crippen LogP contribution in [0.4, 0.5) is 5.69 Å². The molecule has 1 aromatic heterocycles. The zero-order chi connectivity index (χ0) is 12.5. The van der Waals surface area contributed by atoms with Crippen molar-refractivity contribution >= 4 is 35.7 Å². The minimum Gasteiger partial charge on any atom is -0.338 e. The minimum absolute atomic E-state index is 0.203. The Morgan fingerprint density at radius 2 is 2.33 bits per heavy atom. The summed E-state index contributed by atoms with van der Waals surface area (Å²) in [5.41, 5.74) is 1.52. The van der Waals surface area contributed by atoms with Crippen molar-refractivity contribution in [3.63, 3.8) is 0 Å². The summed E-state index contributed by atoms with van der Waals surface area (Å²) in [7, 11) is 0. The highest BCUT2D eigenvalue weighted by atomic mass is 35.5. The summed E-state index contributed by atoms with van der Waals surface area (Å²) >= 11 is 5.73. The second-order valence-corrected chi connectivity index (χ2v) is 4.19. The lowest BCUT2D eigenvalue weighted by Crippen LogP contribution is -2.09. The van der Waals surface area contributed by atoms with Gasteiger partial charge in [-0.15, -0.1) is 11.6 Å².